The van der Waals surface area contributed by atoms with Crippen LogP contribution in [0, 0.1) is 5.92 Å². The summed E-state index contributed by atoms with van der Waals surface area (Å²) in [5.41, 5.74) is 3.36. The van der Waals surface area contributed by atoms with E-state index in [4.69, 9.17) is 0 Å². The molecule has 0 saturated heterocycles. The number of nitrogens with zero attached hydrogens (tertiary/aromatic N) is 1. The Kier molecular flexibility index (Phi) is 4.23. The van der Waals surface area contributed by atoms with Crippen LogP contribution in [0.3, 0.4) is 0 Å². The minimum Gasteiger partial charge on any atom is -0.309 e. The van der Waals surface area contributed by atoms with E-state index in [1.807, 2.05) is 36.4 Å². The minimum absolute atomic E-state index is 0.00975. The molecule has 2 atom stereocenters. The molecule has 3 nitrogen and oxygen atoms in total. The van der Waals surface area contributed by atoms with Crippen molar-refractivity contribution in [2.75, 3.05) is 11.4 Å². The third kappa shape index (κ3) is 3.46. The summed E-state index contributed by atoms with van der Waals surface area (Å²) < 4.78 is 39.4. The Morgan fingerprint density at radius 1 is 1.08 bits per heavy atom. The van der Waals surface area contributed by atoms with Gasteiger partial charge in [0.1, 0.15) is 6.54 Å². The molecule has 26 heavy (non-hydrogen) atoms. The zero-order valence-corrected chi connectivity index (χ0v) is 14.1. The first-order valence-electron chi connectivity index (χ1n) is 8.68. The molecule has 0 spiro atoms. The number of rotatable bonds is 4. The SMILES string of the molecule is O=C(C1CC1c1ccccc1)N(CC(F)(F)F)c1ccc2c(c1)CNC2. The van der Waals surface area contributed by atoms with Crippen molar-refractivity contribution in [2.24, 2.45) is 5.92 Å². The van der Waals surface area contributed by atoms with Crippen LogP contribution < -0.4 is 10.2 Å². The lowest BCUT2D eigenvalue weighted by Gasteiger charge is -2.25. The molecule has 1 fully saturated rings. The van der Waals surface area contributed by atoms with Gasteiger partial charge in [0.15, 0.2) is 0 Å². The standard InChI is InChI=1S/C20H19F3N2O/c21-20(22,23)12-25(16-7-6-14-10-24-11-15(14)8-16)19(26)18-9-17(18)13-4-2-1-3-5-13/h1-8,17-18,24H,9-12H2. The van der Waals surface area contributed by atoms with Gasteiger partial charge in [-0.3, -0.25) is 4.79 Å². The van der Waals surface area contributed by atoms with Gasteiger partial charge in [-0.25, -0.2) is 0 Å². The lowest BCUT2D eigenvalue weighted by atomic mass is 10.1. The highest BCUT2D eigenvalue weighted by Crippen LogP contribution is 2.49. The number of fused-ring (bicyclic) bond motifs is 1. The summed E-state index contributed by atoms with van der Waals surface area (Å²) in [6, 6.07) is 14.6. The van der Waals surface area contributed by atoms with Crippen LogP contribution in [-0.2, 0) is 17.9 Å². The second-order valence-electron chi connectivity index (χ2n) is 6.96. The zero-order chi connectivity index (χ0) is 18.3. The van der Waals surface area contributed by atoms with Crippen molar-refractivity contribution in [3.8, 4) is 0 Å². The van der Waals surface area contributed by atoms with Gasteiger partial charge in [-0.05, 0) is 41.2 Å². The Morgan fingerprint density at radius 3 is 2.54 bits per heavy atom. The lowest BCUT2D eigenvalue weighted by Crippen LogP contribution is -2.40. The van der Waals surface area contributed by atoms with Crippen LogP contribution in [0.15, 0.2) is 48.5 Å². The van der Waals surface area contributed by atoms with Crippen molar-refractivity contribution in [3.63, 3.8) is 0 Å². The summed E-state index contributed by atoms with van der Waals surface area (Å²) in [6.07, 6.45) is -3.84. The average Bonchev–Trinajstić information content (AvgIpc) is 3.28. The fourth-order valence-corrected chi connectivity index (χ4v) is 3.66. The van der Waals surface area contributed by atoms with E-state index in [1.165, 1.54) is 0 Å². The van der Waals surface area contributed by atoms with Crippen LogP contribution in [0.4, 0.5) is 18.9 Å². The summed E-state index contributed by atoms with van der Waals surface area (Å²) >= 11 is 0. The number of carbonyl (C=O) groups excluding carboxylic acids is 1. The Balaban J connectivity index is 1.59. The van der Waals surface area contributed by atoms with Gasteiger partial charge in [0.25, 0.3) is 0 Å². The Bertz CT molecular complexity index is 820. The summed E-state index contributed by atoms with van der Waals surface area (Å²) in [7, 11) is 0. The maximum atomic E-state index is 13.1. The quantitative estimate of drug-likeness (QED) is 0.894. The predicted octanol–water partition coefficient (Wildman–Crippen LogP) is 3.99. The third-order valence-corrected chi connectivity index (χ3v) is 5.07. The Labute approximate surface area is 149 Å². The number of alkyl halides is 3. The smallest absolute Gasteiger partial charge is 0.309 e. The molecule has 136 valence electrons. The highest BCUT2D eigenvalue weighted by atomic mass is 19.4. The molecule has 0 aromatic heterocycles. The number of anilines is 1. The molecule has 1 heterocycles. The maximum absolute atomic E-state index is 13.1. The molecule has 0 radical (unpaired) electrons. The molecule has 0 bridgehead atoms. The van der Waals surface area contributed by atoms with E-state index in [1.54, 1.807) is 12.1 Å². The van der Waals surface area contributed by atoms with E-state index in [0.29, 0.717) is 25.2 Å². The molecule has 6 heteroatoms. The first-order valence-corrected chi connectivity index (χ1v) is 8.68. The Hall–Kier alpha value is -2.34. The molecule has 1 aliphatic carbocycles. The fraction of sp³-hybridized carbons (Fsp3) is 0.350. The predicted molar refractivity (Wildman–Crippen MR) is 92.7 cm³/mol. The molecule has 1 saturated carbocycles. The second kappa shape index (κ2) is 6.43. The van der Waals surface area contributed by atoms with Crippen molar-refractivity contribution in [3.05, 3.63) is 65.2 Å². The van der Waals surface area contributed by atoms with Gasteiger partial charge in [0, 0.05) is 24.7 Å². The van der Waals surface area contributed by atoms with Crippen molar-refractivity contribution in [2.45, 2.75) is 31.6 Å². The van der Waals surface area contributed by atoms with Gasteiger partial charge in [0.05, 0.1) is 0 Å². The molecular formula is C20H19F3N2O. The fourth-order valence-electron chi connectivity index (χ4n) is 3.66. The molecule has 2 aliphatic rings. The van der Waals surface area contributed by atoms with E-state index in [9.17, 15) is 18.0 Å². The van der Waals surface area contributed by atoms with E-state index in [2.05, 4.69) is 5.32 Å². The summed E-state index contributed by atoms with van der Waals surface area (Å²) in [5, 5.41) is 3.17. The van der Waals surface area contributed by atoms with Crippen molar-refractivity contribution < 1.29 is 18.0 Å². The topological polar surface area (TPSA) is 32.3 Å². The number of hydrogen-bond donors (Lipinski definition) is 1. The number of amides is 1. The van der Waals surface area contributed by atoms with Crippen molar-refractivity contribution in [1.82, 2.24) is 5.32 Å². The van der Waals surface area contributed by atoms with Crippen LogP contribution in [0.5, 0.6) is 0 Å². The van der Waals surface area contributed by atoms with E-state index >= 15 is 0 Å². The van der Waals surface area contributed by atoms with Gasteiger partial charge >= 0.3 is 6.18 Å². The van der Waals surface area contributed by atoms with Gasteiger partial charge in [-0.1, -0.05) is 36.4 Å². The number of benzene rings is 2. The molecule has 2 unspecified atom stereocenters. The zero-order valence-electron chi connectivity index (χ0n) is 14.1. The number of halogens is 3. The molecule has 2 aromatic carbocycles. The van der Waals surface area contributed by atoms with Gasteiger partial charge in [-0.2, -0.15) is 13.2 Å². The monoisotopic (exact) mass is 360 g/mol. The summed E-state index contributed by atoms with van der Waals surface area (Å²) in [4.78, 5) is 13.8. The van der Waals surface area contributed by atoms with Crippen molar-refractivity contribution >= 4 is 11.6 Å². The molecule has 4 rings (SSSR count). The maximum Gasteiger partial charge on any atom is 0.406 e. The van der Waals surface area contributed by atoms with Gasteiger partial charge in [-0.15, -0.1) is 0 Å². The molecule has 1 amide bonds. The first kappa shape index (κ1) is 17.1. The van der Waals surface area contributed by atoms with Crippen LogP contribution in [0.25, 0.3) is 0 Å². The van der Waals surface area contributed by atoms with E-state index < -0.39 is 18.6 Å². The number of carbonyl (C=O) groups is 1. The van der Waals surface area contributed by atoms with E-state index in [0.717, 1.165) is 21.6 Å². The van der Waals surface area contributed by atoms with Crippen LogP contribution in [0.1, 0.15) is 29.0 Å². The van der Waals surface area contributed by atoms with E-state index in [-0.39, 0.29) is 11.8 Å². The average molecular weight is 360 g/mol. The van der Waals surface area contributed by atoms with Crippen LogP contribution in [-0.4, -0.2) is 18.6 Å². The number of nitrogens with one attached hydrogen (secondary N) is 1. The van der Waals surface area contributed by atoms with Gasteiger partial charge in [0.2, 0.25) is 5.91 Å². The lowest BCUT2D eigenvalue weighted by molar-refractivity contribution is -0.133. The minimum atomic E-state index is -4.44. The van der Waals surface area contributed by atoms with Crippen LogP contribution in [0.2, 0.25) is 0 Å². The summed E-state index contributed by atoms with van der Waals surface area (Å²) in [6.45, 7) is 0.0743. The largest absolute Gasteiger partial charge is 0.406 e. The molecular weight excluding hydrogens is 341 g/mol. The molecule has 2 aromatic rings. The van der Waals surface area contributed by atoms with Gasteiger partial charge < -0.3 is 10.2 Å². The Morgan fingerprint density at radius 2 is 1.81 bits per heavy atom. The van der Waals surface area contributed by atoms with Crippen LogP contribution >= 0.6 is 0 Å². The highest BCUT2D eigenvalue weighted by molar-refractivity contribution is 5.97. The molecule has 1 N–H and O–H groups in total. The third-order valence-electron chi connectivity index (χ3n) is 5.07. The second-order valence-corrected chi connectivity index (χ2v) is 6.96. The molecule has 1 aliphatic heterocycles. The highest BCUT2D eigenvalue weighted by Gasteiger charge is 2.47. The van der Waals surface area contributed by atoms with Crippen molar-refractivity contribution in [1.29, 1.82) is 0 Å². The first-order chi connectivity index (χ1) is 12.4. The number of hydrogen-bond acceptors (Lipinski definition) is 2. The normalized spacial score (nSPS) is 21.3. The summed E-state index contributed by atoms with van der Waals surface area (Å²) in [5.74, 6) is -0.816.